The summed E-state index contributed by atoms with van der Waals surface area (Å²) < 4.78 is 0. The number of nitrogens with two attached hydrogens (primary N) is 1. The highest BCUT2D eigenvalue weighted by Gasteiger charge is 2.28. The summed E-state index contributed by atoms with van der Waals surface area (Å²) in [6.45, 7) is 0. The van der Waals surface area contributed by atoms with Gasteiger partial charge >= 0.3 is 0 Å². The van der Waals surface area contributed by atoms with Gasteiger partial charge in [-0.15, -0.1) is 0 Å². The Morgan fingerprint density at radius 3 is 2.44 bits per heavy atom. The molecule has 1 fully saturated rings. The van der Waals surface area contributed by atoms with Crippen molar-refractivity contribution in [1.82, 2.24) is 5.32 Å². The van der Waals surface area contributed by atoms with Crippen molar-refractivity contribution in [2.75, 3.05) is 0 Å². The summed E-state index contributed by atoms with van der Waals surface area (Å²) in [6, 6.07) is 7.05. The number of carboxylic acid groups (broad SMARTS) is 1. The number of aliphatic hydroxyl groups excluding tert-OH is 1. The lowest BCUT2D eigenvalue weighted by atomic mass is 9.84. The van der Waals surface area contributed by atoms with Crippen molar-refractivity contribution in [1.29, 1.82) is 0 Å². The second-order valence-electron chi connectivity index (χ2n) is 6.92. The molecule has 1 aromatic carbocycles. The molecule has 138 valence electrons. The van der Waals surface area contributed by atoms with Gasteiger partial charge in [0.2, 0.25) is 0 Å². The lowest BCUT2D eigenvalue weighted by Crippen LogP contribution is -2.55. The molecule has 1 aromatic rings. The third kappa shape index (κ3) is 6.14. The number of hydrogen-bond acceptors (Lipinski definition) is 5. The zero-order valence-electron chi connectivity index (χ0n) is 14.4. The highest BCUT2D eigenvalue weighted by molar-refractivity contribution is 5.86. The van der Waals surface area contributed by atoms with Crippen LogP contribution in [0.2, 0.25) is 0 Å². The molecule has 3 unspecified atom stereocenters. The molecule has 0 aliphatic heterocycles. The van der Waals surface area contributed by atoms with Crippen LogP contribution in [0.5, 0.6) is 0 Å². The molecule has 1 aliphatic rings. The molecule has 0 radical (unpaired) electrons. The molecular weight excluding hydrogens is 320 g/mol. The molecule has 4 N–H and O–H groups in total. The summed E-state index contributed by atoms with van der Waals surface area (Å²) >= 11 is 0. The van der Waals surface area contributed by atoms with Gasteiger partial charge in [-0.2, -0.15) is 0 Å². The highest BCUT2D eigenvalue weighted by atomic mass is 16.4. The average Bonchev–Trinajstić information content (AvgIpc) is 2.62. The molecule has 2 rings (SSSR count). The fourth-order valence-corrected chi connectivity index (χ4v) is 3.43. The number of hydrogen-bond donors (Lipinski definition) is 3. The van der Waals surface area contributed by atoms with Crippen LogP contribution in [0, 0.1) is 5.92 Å². The molecule has 1 saturated carbocycles. The molecule has 1 amide bonds. The van der Waals surface area contributed by atoms with Gasteiger partial charge in [0.05, 0.1) is 12.0 Å². The largest absolute Gasteiger partial charge is 0.548 e. The Hall–Kier alpha value is -1.92. The minimum Gasteiger partial charge on any atom is -0.548 e. The van der Waals surface area contributed by atoms with Gasteiger partial charge in [-0.1, -0.05) is 62.4 Å². The topological polar surface area (TPSA) is 115 Å². The number of rotatable bonds is 8. The van der Waals surface area contributed by atoms with Gasteiger partial charge in [-0.05, 0) is 24.3 Å². The van der Waals surface area contributed by atoms with Crippen LogP contribution in [-0.4, -0.2) is 35.2 Å². The number of nitrogens with one attached hydrogen (secondary N) is 1. The Labute approximate surface area is 148 Å². The molecule has 0 saturated heterocycles. The van der Waals surface area contributed by atoms with E-state index in [9.17, 15) is 19.8 Å². The summed E-state index contributed by atoms with van der Waals surface area (Å²) in [6.07, 6.45) is 4.92. The van der Waals surface area contributed by atoms with Crippen molar-refractivity contribution in [3.63, 3.8) is 0 Å². The first-order valence-electron chi connectivity index (χ1n) is 8.96. The summed E-state index contributed by atoms with van der Waals surface area (Å²) in [5, 5.41) is 23.8. The minimum absolute atomic E-state index is 0.0967. The molecule has 6 heteroatoms. The van der Waals surface area contributed by atoms with Crippen molar-refractivity contribution in [3.05, 3.63) is 35.9 Å². The first-order valence-corrected chi connectivity index (χ1v) is 8.96. The maximum Gasteiger partial charge on any atom is 0.250 e. The Morgan fingerprint density at radius 1 is 1.20 bits per heavy atom. The Kier molecular flexibility index (Phi) is 7.40. The van der Waals surface area contributed by atoms with Crippen molar-refractivity contribution in [2.45, 2.75) is 63.1 Å². The number of carbonyl (C=O) groups excluding carboxylic acids is 2. The van der Waals surface area contributed by atoms with Crippen molar-refractivity contribution < 1.29 is 19.8 Å². The van der Waals surface area contributed by atoms with Crippen molar-refractivity contribution in [2.24, 2.45) is 11.7 Å². The van der Waals surface area contributed by atoms with E-state index in [1.54, 1.807) is 24.3 Å². The molecular formula is C19H27N2O4-. The van der Waals surface area contributed by atoms with E-state index in [1.807, 2.05) is 6.07 Å². The summed E-state index contributed by atoms with van der Waals surface area (Å²) in [5.41, 5.74) is 6.74. The second-order valence-corrected chi connectivity index (χ2v) is 6.92. The lowest BCUT2D eigenvalue weighted by molar-refractivity contribution is -0.308. The molecule has 0 aromatic heterocycles. The third-order valence-electron chi connectivity index (χ3n) is 4.89. The fraction of sp³-hybridized carbons (Fsp3) is 0.579. The Bertz CT molecular complexity index is 558. The van der Waals surface area contributed by atoms with Crippen LogP contribution in [0.25, 0.3) is 0 Å². The molecule has 6 nitrogen and oxygen atoms in total. The Balaban J connectivity index is 1.89. The van der Waals surface area contributed by atoms with Gasteiger partial charge in [0.15, 0.2) is 0 Å². The number of benzene rings is 1. The van der Waals surface area contributed by atoms with Gasteiger partial charge < -0.3 is 26.1 Å². The van der Waals surface area contributed by atoms with E-state index in [0.29, 0.717) is 12.3 Å². The van der Waals surface area contributed by atoms with Gasteiger partial charge in [0.1, 0.15) is 6.10 Å². The summed E-state index contributed by atoms with van der Waals surface area (Å²) in [7, 11) is 0. The van der Waals surface area contributed by atoms with Crippen LogP contribution in [0.3, 0.4) is 0 Å². The third-order valence-corrected chi connectivity index (χ3v) is 4.89. The van der Waals surface area contributed by atoms with Gasteiger partial charge in [-0.3, -0.25) is 4.79 Å². The molecule has 1 aliphatic carbocycles. The average molecular weight is 347 g/mol. The van der Waals surface area contributed by atoms with E-state index in [-0.39, 0.29) is 6.42 Å². The zero-order valence-corrected chi connectivity index (χ0v) is 14.4. The van der Waals surface area contributed by atoms with E-state index >= 15 is 0 Å². The molecule has 0 bridgehead atoms. The monoisotopic (exact) mass is 347 g/mol. The SMILES string of the molecule is NC(CC1CCCCC1)C(O)C(=O)NC(Cc1ccccc1)C(=O)[O-]. The minimum atomic E-state index is -1.42. The fourth-order valence-electron chi connectivity index (χ4n) is 3.43. The number of aliphatic carboxylic acids is 1. The standard InChI is InChI=1S/C19H28N2O4/c20-15(11-13-7-3-1-4-8-13)17(22)18(23)21-16(19(24)25)12-14-9-5-2-6-10-14/h2,5-6,9-10,13,15-17,22H,1,3-4,7-8,11-12,20H2,(H,21,23)(H,24,25)/p-1. The quantitative estimate of drug-likeness (QED) is 0.618. The van der Waals surface area contributed by atoms with Crippen LogP contribution in [0.15, 0.2) is 30.3 Å². The van der Waals surface area contributed by atoms with Gasteiger partial charge in [0.25, 0.3) is 5.91 Å². The Morgan fingerprint density at radius 2 is 1.84 bits per heavy atom. The molecule has 0 heterocycles. The number of carbonyl (C=O) groups is 2. The number of carboxylic acids is 1. The van der Waals surface area contributed by atoms with Crippen LogP contribution in [0.1, 0.15) is 44.1 Å². The second kappa shape index (κ2) is 9.53. The first-order chi connectivity index (χ1) is 12.0. The molecule has 3 atom stereocenters. The normalized spacial score (nSPS) is 19.0. The predicted octanol–water partition coefficient (Wildman–Crippen LogP) is 0.122. The van der Waals surface area contributed by atoms with E-state index in [0.717, 1.165) is 31.2 Å². The molecule has 25 heavy (non-hydrogen) atoms. The van der Waals surface area contributed by atoms with Crippen LogP contribution < -0.4 is 16.2 Å². The first kappa shape index (κ1) is 19.4. The van der Waals surface area contributed by atoms with Gasteiger partial charge in [0, 0.05) is 6.04 Å². The van der Waals surface area contributed by atoms with E-state index < -0.39 is 30.1 Å². The van der Waals surface area contributed by atoms with Crippen molar-refractivity contribution >= 4 is 11.9 Å². The van der Waals surface area contributed by atoms with Crippen LogP contribution in [-0.2, 0) is 16.0 Å². The lowest BCUT2D eigenvalue weighted by Gasteiger charge is -2.28. The zero-order chi connectivity index (χ0) is 18.2. The van der Waals surface area contributed by atoms with E-state index in [2.05, 4.69) is 5.32 Å². The van der Waals surface area contributed by atoms with Crippen LogP contribution in [0.4, 0.5) is 0 Å². The maximum atomic E-state index is 12.2. The summed E-state index contributed by atoms with van der Waals surface area (Å²) in [4.78, 5) is 23.5. The van der Waals surface area contributed by atoms with E-state index in [1.165, 1.54) is 6.42 Å². The van der Waals surface area contributed by atoms with Crippen molar-refractivity contribution in [3.8, 4) is 0 Å². The highest BCUT2D eigenvalue weighted by Crippen LogP contribution is 2.27. The maximum absolute atomic E-state index is 12.2. The van der Waals surface area contributed by atoms with Crippen LogP contribution >= 0.6 is 0 Å². The van der Waals surface area contributed by atoms with Gasteiger partial charge in [-0.25, -0.2) is 0 Å². The number of aliphatic hydroxyl groups is 1. The predicted molar refractivity (Wildman–Crippen MR) is 92.3 cm³/mol. The van der Waals surface area contributed by atoms with E-state index in [4.69, 9.17) is 5.73 Å². The summed E-state index contributed by atoms with van der Waals surface area (Å²) in [5.74, 6) is -1.72. The molecule has 0 spiro atoms. The smallest absolute Gasteiger partial charge is 0.250 e. The number of amides is 1.